The monoisotopic (exact) mass is 483 g/mol. The Balaban J connectivity index is 1.51. The first-order valence-electron chi connectivity index (χ1n) is 12.2. The van der Waals surface area contributed by atoms with Gasteiger partial charge in [-0.2, -0.15) is 5.10 Å². The van der Waals surface area contributed by atoms with Crippen molar-refractivity contribution in [3.05, 3.63) is 47.3 Å². The number of ether oxygens (including phenoxy) is 3. The minimum absolute atomic E-state index is 0.0439. The average molecular weight is 484 g/mol. The summed E-state index contributed by atoms with van der Waals surface area (Å²) in [4.78, 5) is 17.6. The van der Waals surface area contributed by atoms with E-state index in [-0.39, 0.29) is 11.9 Å². The van der Waals surface area contributed by atoms with Gasteiger partial charge in [0.2, 0.25) is 5.75 Å². The molecule has 2 heterocycles. The van der Waals surface area contributed by atoms with Crippen LogP contribution in [-0.4, -0.2) is 86.1 Å². The minimum Gasteiger partial charge on any atom is -0.493 e. The van der Waals surface area contributed by atoms with Gasteiger partial charge >= 0.3 is 0 Å². The molecule has 2 aliphatic rings. The van der Waals surface area contributed by atoms with Crippen molar-refractivity contribution in [2.45, 2.75) is 38.4 Å². The normalized spacial score (nSPS) is 18.2. The number of hydrogen-bond acceptors (Lipinski definition) is 7. The van der Waals surface area contributed by atoms with Crippen LogP contribution in [-0.2, 0) is 25.9 Å². The zero-order valence-corrected chi connectivity index (χ0v) is 21.3. The number of piperazine rings is 1. The Morgan fingerprint density at radius 2 is 1.83 bits per heavy atom. The van der Waals surface area contributed by atoms with Gasteiger partial charge in [0.25, 0.3) is 5.91 Å². The topological polar surface area (TPSA) is 81.1 Å². The van der Waals surface area contributed by atoms with E-state index >= 15 is 0 Å². The number of methoxy groups -OCH3 is 3. The Labute approximate surface area is 207 Å². The number of amides is 1. The molecule has 0 saturated carbocycles. The molecule has 35 heavy (non-hydrogen) atoms. The van der Waals surface area contributed by atoms with Gasteiger partial charge in [0.05, 0.1) is 27.9 Å². The van der Waals surface area contributed by atoms with Crippen molar-refractivity contribution >= 4 is 5.91 Å². The number of aromatic nitrogens is 2. The van der Waals surface area contributed by atoms with E-state index in [4.69, 9.17) is 19.3 Å². The number of nitrogens with zero attached hydrogens (tertiary/aromatic N) is 4. The molecule has 1 aliphatic heterocycles. The van der Waals surface area contributed by atoms with Crippen LogP contribution in [0, 0.1) is 0 Å². The summed E-state index contributed by atoms with van der Waals surface area (Å²) >= 11 is 0. The maximum Gasteiger partial charge on any atom is 0.274 e. The molecular formula is C26H37N5O4. The molecule has 4 rings (SSSR count). The predicted octanol–water partition coefficient (Wildman–Crippen LogP) is 2.13. The van der Waals surface area contributed by atoms with Gasteiger partial charge in [-0.05, 0) is 44.0 Å². The van der Waals surface area contributed by atoms with Gasteiger partial charge in [-0.3, -0.25) is 9.48 Å². The average Bonchev–Trinajstić information content (AvgIpc) is 3.24. The first kappa shape index (κ1) is 25.1. The Kier molecular flexibility index (Phi) is 7.97. The summed E-state index contributed by atoms with van der Waals surface area (Å²) in [5, 5.41) is 8.43. The number of hydrogen-bond donors (Lipinski definition) is 1. The van der Waals surface area contributed by atoms with E-state index in [0.717, 1.165) is 62.3 Å². The third-order valence-electron chi connectivity index (χ3n) is 6.96. The lowest BCUT2D eigenvalue weighted by Crippen LogP contribution is -2.47. The molecule has 0 radical (unpaired) electrons. The van der Waals surface area contributed by atoms with Gasteiger partial charge in [-0.25, -0.2) is 0 Å². The van der Waals surface area contributed by atoms with Crippen LogP contribution < -0.4 is 19.5 Å². The summed E-state index contributed by atoms with van der Waals surface area (Å²) in [5.74, 6) is 1.91. The molecule has 1 aromatic heterocycles. The Morgan fingerprint density at radius 1 is 1.14 bits per heavy atom. The SMILES string of the molecule is C=CCn1nc(C(=O)N2CCN(C)CC2)c2c1CCC(NCc1cc(OC)c(OC)c(OC)c1)C2. The van der Waals surface area contributed by atoms with Crippen LogP contribution >= 0.6 is 0 Å². The fraction of sp³-hybridized carbons (Fsp3) is 0.538. The Hall–Kier alpha value is -3.04. The van der Waals surface area contributed by atoms with Gasteiger partial charge in [-0.15, -0.1) is 6.58 Å². The largest absolute Gasteiger partial charge is 0.493 e. The van der Waals surface area contributed by atoms with Crippen LogP contribution in [0.1, 0.15) is 33.7 Å². The summed E-state index contributed by atoms with van der Waals surface area (Å²) in [6.07, 6.45) is 4.46. The summed E-state index contributed by atoms with van der Waals surface area (Å²) in [5.41, 5.74) is 3.88. The lowest BCUT2D eigenvalue weighted by molar-refractivity contribution is 0.0656. The highest BCUT2D eigenvalue weighted by molar-refractivity contribution is 5.94. The zero-order valence-electron chi connectivity index (χ0n) is 21.3. The molecule has 0 bridgehead atoms. The second-order valence-corrected chi connectivity index (χ2v) is 9.19. The maximum atomic E-state index is 13.4. The van der Waals surface area contributed by atoms with Crippen molar-refractivity contribution in [3.8, 4) is 17.2 Å². The van der Waals surface area contributed by atoms with Crippen LogP contribution in [0.2, 0.25) is 0 Å². The molecule has 1 atom stereocenters. The van der Waals surface area contributed by atoms with E-state index in [1.807, 2.05) is 27.8 Å². The number of carbonyl (C=O) groups excluding carboxylic acids is 1. The molecule has 9 nitrogen and oxygen atoms in total. The van der Waals surface area contributed by atoms with Crippen molar-refractivity contribution < 1.29 is 19.0 Å². The van der Waals surface area contributed by atoms with E-state index in [1.54, 1.807) is 21.3 Å². The standard InChI is InChI=1S/C26H37N5O4/c1-6-9-31-21-8-7-19(27-17-18-14-22(33-3)25(35-5)23(15-18)34-4)16-20(21)24(28-31)26(32)30-12-10-29(2)11-13-30/h6,14-15,19,27H,1,7-13,16-17H2,2-5H3. The first-order chi connectivity index (χ1) is 17.0. The molecule has 1 aromatic carbocycles. The lowest BCUT2D eigenvalue weighted by Gasteiger charge is -2.32. The molecule has 1 unspecified atom stereocenters. The fourth-order valence-corrected chi connectivity index (χ4v) is 4.97. The van der Waals surface area contributed by atoms with Crippen LogP contribution in [0.15, 0.2) is 24.8 Å². The zero-order chi connectivity index (χ0) is 24.9. The highest BCUT2D eigenvalue weighted by Crippen LogP contribution is 2.38. The second-order valence-electron chi connectivity index (χ2n) is 9.19. The van der Waals surface area contributed by atoms with Gasteiger partial charge in [0.1, 0.15) is 0 Å². The van der Waals surface area contributed by atoms with E-state index in [0.29, 0.717) is 36.0 Å². The molecule has 9 heteroatoms. The minimum atomic E-state index is 0.0439. The molecular weight excluding hydrogens is 446 g/mol. The Bertz CT molecular complexity index is 1030. The molecule has 1 aliphatic carbocycles. The number of likely N-dealkylation sites (N-methyl/N-ethyl adjacent to an activating group) is 1. The van der Waals surface area contributed by atoms with Crippen LogP contribution in [0.25, 0.3) is 0 Å². The first-order valence-corrected chi connectivity index (χ1v) is 12.2. The van der Waals surface area contributed by atoms with Crippen LogP contribution in [0.4, 0.5) is 0 Å². The van der Waals surface area contributed by atoms with Gasteiger partial charge in [-0.1, -0.05) is 6.08 Å². The van der Waals surface area contributed by atoms with Crippen molar-refractivity contribution in [2.75, 3.05) is 54.6 Å². The summed E-state index contributed by atoms with van der Waals surface area (Å²) in [6.45, 7) is 8.39. The number of nitrogens with one attached hydrogen (secondary N) is 1. The van der Waals surface area contributed by atoms with Crippen LogP contribution in [0.3, 0.4) is 0 Å². The van der Waals surface area contributed by atoms with E-state index < -0.39 is 0 Å². The summed E-state index contributed by atoms with van der Waals surface area (Å²) in [7, 11) is 6.94. The highest BCUT2D eigenvalue weighted by atomic mass is 16.5. The molecule has 1 saturated heterocycles. The van der Waals surface area contributed by atoms with Gasteiger partial charge in [0, 0.05) is 50.0 Å². The van der Waals surface area contributed by atoms with E-state index in [2.05, 4.69) is 23.8 Å². The number of allylic oxidation sites excluding steroid dienone is 1. The van der Waals surface area contributed by atoms with Gasteiger partial charge < -0.3 is 29.3 Å². The number of benzene rings is 1. The van der Waals surface area contributed by atoms with E-state index in [9.17, 15) is 4.79 Å². The highest BCUT2D eigenvalue weighted by Gasteiger charge is 2.31. The fourth-order valence-electron chi connectivity index (χ4n) is 4.97. The second kappa shape index (κ2) is 11.1. The molecule has 1 N–H and O–H groups in total. The molecule has 1 amide bonds. The lowest BCUT2D eigenvalue weighted by atomic mass is 9.90. The van der Waals surface area contributed by atoms with Crippen molar-refractivity contribution in [1.29, 1.82) is 0 Å². The third kappa shape index (κ3) is 5.31. The molecule has 1 fully saturated rings. The van der Waals surface area contributed by atoms with Crippen LogP contribution in [0.5, 0.6) is 17.2 Å². The Morgan fingerprint density at radius 3 is 2.43 bits per heavy atom. The van der Waals surface area contributed by atoms with E-state index in [1.165, 1.54) is 0 Å². The molecule has 2 aromatic rings. The number of fused-ring (bicyclic) bond motifs is 1. The molecule has 0 spiro atoms. The smallest absolute Gasteiger partial charge is 0.274 e. The quantitative estimate of drug-likeness (QED) is 0.547. The summed E-state index contributed by atoms with van der Waals surface area (Å²) < 4.78 is 18.4. The third-order valence-corrected chi connectivity index (χ3v) is 6.96. The number of rotatable bonds is 9. The summed E-state index contributed by atoms with van der Waals surface area (Å²) in [6, 6.07) is 4.17. The molecule has 190 valence electrons. The van der Waals surface area contributed by atoms with Gasteiger partial charge in [0.15, 0.2) is 17.2 Å². The predicted molar refractivity (Wildman–Crippen MR) is 135 cm³/mol. The maximum absolute atomic E-state index is 13.4. The van der Waals surface area contributed by atoms with Crippen molar-refractivity contribution in [1.82, 2.24) is 24.9 Å². The van der Waals surface area contributed by atoms with Crippen molar-refractivity contribution in [2.24, 2.45) is 0 Å². The van der Waals surface area contributed by atoms with Crippen molar-refractivity contribution in [3.63, 3.8) is 0 Å². The number of carbonyl (C=O) groups is 1.